The summed E-state index contributed by atoms with van der Waals surface area (Å²) in [5, 5.41) is 6.64. The Morgan fingerprint density at radius 2 is 2.13 bits per heavy atom. The molecule has 2 aromatic rings. The van der Waals surface area contributed by atoms with Gasteiger partial charge in [0.15, 0.2) is 0 Å². The largest absolute Gasteiger partial charge is 0.315 e. The monoisotopic (exact) mass is 243 g/mol. The van der Waals surface area contributed by atoms with Crippen LogP contribution in [0.4, 0.5) is 4.39 Å². The van der Waals surface area contributed by atoms with E-state index in [0.717, 1.165) is 17.8 Å². The maximum atomic E-state index is 12.9. The first-order valence-electron chi connectivity index (χ1n) is 4.72. The first-order chi connectivity index (χ1) is 6.84. The van der Waals surface area contributed by atoms with E-state index in [1.165, 1.54) is 10.9 Å². The average Bonchev–Trinajstić information content (AvgIpc) is 2.45. The number of thiophene rings is 1. The summed E-state index contributed by atoms with van der Waals surface area (Å²) in [4.78, 5) is 0. The van der Waals surface area contributed by atoms with Gasteiger partial charge in [-0.05, 0) is 28.5 Å². The molecule has 4 heteroatoms. The van der Waals surface area contributed by atoms with Crippen LogP contribution in [0.5, 0.6) is 0 Å². The van der Waals surface area contributed by atoms with Crippen LogP contribution in [0.3, 0.4) is 0 Å². The molecule has 0 bridgehead atoms. The summed E-state index contributed by atoms with van der Waals surface area (Å²) in [6.07, 6.45) is 0. The minimum atomic E-state index is -0.141. The van der Waals surface area contributed by atoms with E-state index in [-0.39, 0.29) is 18.2 Å². The van der Waals surface area contributed by atoms with Gasteiger partial charge in [-0.2, -0.15) is 0 Å². The molecular weight excluding hydrogens is 233 g/mol. The SMILES string of the molecule is Cl.Fc1ccc2c(C3CNC3)csc2c1. The second-order valence-corrected chi connectivity index (χ2v) is 4.60. The van der Waals surface area contributed by atoms with Crippen molar-refractivity contribution in [1.29, 1.82) is 0 Å². The van der Waals surface area contributed by atoms with Gasteiger partial charge in [0.05, 0.1) is 0 Å². The quantitative estimate of drug-likeness (QED) is 0.812. The average molecular weight is 244 g/mol. The van der Waals surface area contributed by atoms with Crippen LogP contribution in [0.25, 0.3) is 10.1 Å². The maximum Gasteiger partial charge on any atom is 0.124 e. The summed E-state index contributed by atoms with van der Waals surface area (Å²) >= 11 is 1.64. The molecule has 1 aliphatic rings. The lowest BCUT2D eigenvalue weighted by molar-refractivity contribution is 0.451. The predicted octanol–water partition coefficient (Wildman–Crippen LogP) is 3.15. The van der Waals surface area contributed by atoms with E-state index >= 15 is 0 Å². The Hall–Kier alpha value is -0.640. The Balaban J connectivity index is 0.000000853. The smallest absolute Gasteiger partial charge is 0.124 e. The molecule has 2 heterocycles. The standard InChI is InChI=1S/C11H10FNS.ClH/c12-8-1-2-9-10(7-4-13-5-7)6-14-11(9)3-8;/h1-3,6-7,13H,4-5H2;1H. The van der Waals surface area contributed by atoms with Crippen molar-refractivity contribution < 1.29 is 4.39 Å². The van der Waals surface area contributed by atoms with Crippen molar-refractivity contribution >= 4 is 33.8 Å². The molecule has 0 aliphatic carbocycles. The van der Waals surface area contributed by atoms with Gasteiger partial charge in [-0.1, -0.05) is 6.07 Å². The maximum absolute atomic E-state index is 12.9. The van der Waals surface area contributed by atoms with Crippen molar-refractivity contribution in [1.82, 2.24) is 5.32 Å². The Morgan fingerprint density at radius 3 is 2.80 bits per heavy atom. The van der Waals surface area contributed by atoms with Crippen LogP contribution in [0, 0.1) is 5.82 Å². The molecule has 1 aromatic heterocycles. The van der Waals surface area contributed by atoms with Crippen molar-refractivity contribution in [3.05, 3.63) is 35.0 Å². The summed E-state index contributed by atoms with van der Waals surface area (Å²) in [6.45, 7) is 2.12. The lowest BCUT2D eigenvalue weighted by atomic mass is 9.93. The Kier molecular flexibility index (Phi) is 2.96. The Morgan fingerprint density at radius 1 is 1.33 bits per heavy atom. The van der Waals surface area contributed by atoms with Crippen molar-refractivity contribution in [2.45, 2.75) is 5.92 Å². The number of hydrogen-bond acceptors (Lipinski definition) is 2. The van der Waals surface area contributed by atoms with E-state index in [0.29, 0.717) is 5.92 Å². The van der Waals surface area contributed by atoms with Crippen LogP contribution in [-0.2, 0) is 0 Å². The fourth-order valence-electron chi connectivity index (χ4n) is 1.85. The highest BCUT2D eigenvalue weighted by Crippen LogP contribution is 2.33. The number of hydrogen-bond donors (Lipinski definition) is 1. The molecule has 80 valence electrons. The summed E-state index contributed by atoms with van der Waals surface area (Å²) < 4.78 is 14.0. The van der Waals surface area contributed by atoms with Gasteiger partial charge in [0.2, 0.25) is 0 Å². The van der Waals surface area contributed by atoms with E-state index in [1.54, 1.807) is 23.5 Å². The lowest BCUT2D eigenvalue weighted by Crippen LogP contribution is -2.39. The van der Waals surface area contributed by atoms with E-state index < -0.39 is 0 Å². The summed E-state index contributed by atoms with van der Waals surface area (Å²) in [7, 11) is 0. The van der Waals surface area contributed by atoms with Crippen LogP contribution in [0.2, 0.25) is 0 Å². The van der Waals surface area contributed by atoms with E-state index in [1.807, 2.05) is 6.07 Å². The molecule has 0 atom stereocenters. The fourth-order valence-corrected chi connectivity index (χ4v) is 2.91. The number of fused-ring (bicyclic) bond motifs is 1. The summed E-state index contributed by atoms with van der Waals surface area (Å²) in [6, 6.07) is 5.06. The van der Waals surface area contributed by atoms with Crippen molar-refractivity contribution in [2.24, 2.45) is 0 Å². The van der Waals surface area contributed by atoms with Crippen LogP contribution >= 0.6 is 23.7 Å². The molecule has 15 heavy (non-hydrogen) atoms. The molecule has 1 N–H and O–H groups in total. The van der Waals surface area contributed by atoms with Gasteiger partial charge in [0.1, 0.15) is 5.82 Å². The second kappa shape index (κ2) is 4.08. The van der Waals surface area contributed by atoms with Crippen molar-refractivity contribution in [3.8, 4) is 0 Å². The zero-order chi connectivity index (χ0) is 9.54. The molecule has 0 spiro atoms. The molecule has 0 saturated carbocycles. The third-order valence-electron chi connectivity index (χ3n) is 2.79. The van der Waals surface area contributed by atoms with Gasteiger partial charge in [-0.15, -0.1) is 23.7 Å². The fraction of sp³-hybridized carbons (Fsp3) is 0.273. The van der Waals surface area contributed by atoms with Gasteiger partial charge in [-0.3, -0.25) is 0 Å². The van der Waals surface area contributed by atoms with Crippen molar-refractivity contribution in [2.75, 3.05) is 13.1 Å². The van der Waals surface area contributed by atoms with Gasteiger partial charge in [0, 0.05) is 23.7 Å². The summed E-state index contributed by atoms with van der Waals surface area (Å²) in [5.74, 6) is 0.492. The summed E-state index contributed by atoms with van der Waals surface area (Å²) in [5.41, 5.74) is 1.38. The normalized spacial score (nSPS) is 16.1. The predicted molar refractivity (Wildman–Crippen MR) is 64.6 cm³/mol. The molecular formula is C11H11ClFNS. The van der Waals surface area contributed by atoms with Crippen LogP contribution < -0.4 is 5.32 Å². The van der Waals surface area contributed by atoms with E-state index in [4.69, 9.17) is 0 Å². The third-order valence-corrected chi connectivity index (χ3v) is 3.75. The van der Waals surface area contributed by atoms with Crippen LogP contribution in [0.1, 0.15) is 11.5 Å². The molecule has 1 aromatic carbocycles. The molecule has 0 radical (unpaired) electrons. The Bertz CT molecular complexity index is 478. The van der Waals surface area contributed by atoms with Crippen LogP contribution in [0.15, 0.2) is 23.6 Å². The molecule has 0 unspecified atom stereocenters. The zero-order valence-corrected chi connectivity index (χ0v) is 9.63. The first-order valence-corrected chi connectivity index (χ1v) is 5.60. The molecule has 1 saturated heterocycles. The number of halogens is 2. The molecule has 1 nitrogen and oxygen atoms in total. The number of nitrogens with one attached hydrogen (secondary N) is 1. The highest BCUT2D eigenvalue weighted by molar-refractivity contribution is 7.17. The minimum Gasteiger partial charge on any atom is -0.315 e. The highest BCUT2D eigenvalue weighted by Gasteiger charge is 2.21. The van der Waals surface area contributed by atoms with Gasteiger partial charge < -0.3 is 5.32 Å². The third kappa shape index (κ3) is 1.75. The molecule has 3 rings (SSSR count). The molecule has 0 amide bonds. The van der Waals surface area contributed by atoms with Gasteiger partial charge in [-0.25, -0.2) is 4.39 Å². The highest BCUT2D eigenvalue weighted by atomic mass is 35.5. The zero-order valence-electron chi connectivity index (χ0n) is 8.00. The first kappa shape index (κ1) is 10.9. The molecule has 1 aliphatic heterocycles. The number of benzene rings is 1. The van der Waals surface area contributed by atoms with Crippen molar-refractivity contribution in [3.63, 3.8) is 0 Å². The van der Waals surface area contributed by atoms with Gasteiger partial charge in [0.25, 0.3) is 0 Å². The van der Waals surface area contributed by atoms with E-state index in [2.05, 4.69) is 10.7 Å². The topological polar surface area (TPSA) is 12.0 Å². The second-order valence-electron chi connectivity index (χ2n) is 3.69. The van der Waals surface area contributed by atoms with Crippen LogP contribution in [-0.4, -0.2) is 13.1 Å². The lowest BCUT2D eigenvalue weighted by Gasteiger charge is -2.26. The van der Waals surface area contributed by atoms with Gasteiger partial charge >= 0.3 is 0 Å². The minimum absolute atomic E-state index is 0. The number of rotatable bonds is 1. The molecule has 1 fully saturated rings. The van der Waals surface area contributed by atoms with E-state index in [9.17, 15) is 4.39 Å². The Labute approximate surface area is 97.7 Å².